The van der Waals surface area contributed by atoms with Crippen LogP contribution >= 0.6 is 0 Å². The summed E-state index contributed by atoms with van der Waals surface area (Å²) >= 11 is 0. The van der Waals surface area contributed by atoms with Crippen LogP contribution in [0.25, 0.3) is 0 Å². The first-order valence-electron chi connectivity index (χ1n) is 6.93. The van der Waals surface area contributed by atoms with Crippen LogP contribution in [0.4, 0.5) is 26.3 Å². The van der Waals surface area contributed by atoms with E-state index in [1.165, 1.54) is 0 Å². The first-order chi connectivity index (χ1) is 8.80. The summed E-state index contributed by atoms with van der Waals surface area (Å²) in [5, 5.41) is 0. The Bertz CT molecular complexity index is 303. The van der Waals surface area contributed by atoms with Gasteiger partial charge in [-0.25, -0.2) is 0 Å². The number of rotatable bonds is 2. The highest BCUT2D eigenvalue weighted by Gasteiger charge is 2.71. The molecule has 1 fully saturated rings. The van der Waals surface area contributed by atoms with E-state index in [-0.39, 0.29) is 24.7 Å². The molecule has 0 bridgehead atoms. The first kappa shape index (κ1) is 17.6. The summed E-state index contributed by atoms with van der Waals surface area (Å²) in [4.78, 5) is 0. The zero-order valence-electron chi connectivity index (χ0n) is 12.3. The lowest BCUT2D eigenvalue weighted by Gasteiger charge is -2.51. The van der Waals surface area contributed by atoms with Crippen molar-refractivity contribution in [1.82, 2.24) is 0 Å². The van der Waals surface area contributed by atoms with Gasteiger partial charge in [-0.05, 0) is 42.9 Å². The number of alkyl halides is 6. The van der Waals surface area contributed by atoms with Gasteiger partial charge >= 0.3 is 12.4 Å². The zero-order valence-corrected chi connectivity index (χ0v) is 12.3. The minimum atomic E-state index is -5.23. The molecule has 120 valence electrons. The van der Waals surface area contributed by atoms with Crippen molar-refractivity contribution in [3.05, 3.63) is 0 Å². The molecule has 6 heteroatoms. The van der Waals surface area contributed by atoms with E-state index in [9.17, 15) is 26.3 Å². The van der Waals surface area contributed by atoms with Crippen LogP contribution in [0.15, 0.2) is 0 Å². The summed E-state index contributed by atoms with van der Waals surface area (Å²) in [6, 6.07) is 0. The second kappa shape index (κ2) is 5.09. The van der Waals surface area contributed by atoms with E-state index in [0.29, 0.717) is 0 Å². The minimum absolute atomic E-state index is 0.0264. The molecule has 0 aliphatic heterocycles. The molecule has 1 aliphatic carbocycles. The van der Waals surface area contributed by atoms with Crippen LogP contribution in [0.1, 0.15) is 53.4 Å². The summed E-state index contributed by atoms with van der Waals surface area (Å²) in [6.07, 6.45) is -12.2. The molecular formula is C14H22F6. The Hall–Kier alpha value is -0.420. The van der Waals surface area contributed by atoms with Gasteiger partial charge in [0.05, 0.1) is 0 Å². The van der Waals surface area contributed by atoms with Gasteiger partial charge in [0.1, 0.15) is 0 Å². The number of hydrogen-bond acceptors (Lipinski definition) is 0. The third kappa shape index (κ3) is 2.54. The molecule has 0 radical (unpaired) electrons. The van der Waals surface area contributed by atoms with Gasteiger partial charge in [0.25, 0.3) is 0 Å². The topological polar surface area (TPSA) is 0 Å². The van der Waals surface area contributed by atoms with Gasteiger partial charge in [-0.15, -0.1) is 0 Å². The molecule has 0 aromatic rings. The molecule has 0 atom stereocenters. The third-order valence-corrected chi connectivity index (χ3v) is 5.42. The quantitative estimate of drug-likeness (QED) is 0.551. The molecule has 0 spiro atoms. The maximum absolute atomic E-state index is 13.0. The Morgan fingerprint density at radius 2 is 0.950 bits per heavy atom. The number of halogens is 6. The molecule has 1 aliphatic rings. The maximum Gasteiger partial charge on any atom is 0.403 e. The van der Waals surface area contributed by atoms with Crippen LogP contribution in [-0.2, 0) is 0 Å². The Kier molecular flexibility index (Phi) is 4.49. The highest BCUT2D eigenvalue weighted by Crippen LogP contribution is 2.63. The smallest absolute Gasteiger partial charge is 0.170 e. The molecule has 0 nitrogen and oxygen atoms in total. The average Bonchev–Trinajstić information content (AvgIpc) is 2.25. The van der Waals surface area contributed by atoms with Gasteiger partial charge in [-0.1, -0.05) is 27.7 Å². The van der Waals surface area contributed by atoms with Crippen LogP contribution in [0.2, 0.25) is 0 Å². The van der Waals surface area contributed by atoms with Gasteiger partial charge in [0.2, 0.25) is 0 Å². The molecule has 0 saturated heterocycles. The maximum atomic E-state index is 13.0. The van der Waals surface area contributed by atoms with E-state index in [4.69, 9.17) is 0 Å². The zero-order chi connectivity index (χ0) is 16.0. The Morgan fingerprint density at radius 3 is 1.15 bits per heavy atom. The van der Waals surface area contributed by atoms with E-state index in [1.807, 2.05) is 27.7 Å². The van der Waals surface area contributed by atoms with E-state index in [2.05, 4.69) is 0 Å². The second-order valence-corrected chi connectivity index (χ2v) is 6.62. The average molecular weight is 304 g/mol. The fourth-order valence-corrected chi connectivity index (χ4v) is 3.69. The molecule has 20 heavy (non-hydrogen) atoms. The van der Waals surface area contributed by atoms with Crippen LogP contribution in [0, 0.1) is 22.7 Å². The number of hydrogen-bond donors (Lipinski definition) is 0. The molecule has 0 aromatic carbocycles. The normalized spacial score (nSPS) is 23.4. The second-order valence-electron chi connectivity index (χ2n) is 6.62. The van der Waals surface area contributed by atoms with Gasteiger partial charge in [0, 0.05) is 0 Å². The van der Waals surface area contributed by atoms with Gasteiger partial charge < -0.3 is 0 Å². The molecule has 1 saturated carbocycles. The van der Waals surface area contributed by atoms with Crippen molar-refractivity contribution in [3.63, 3.8) is 0 Å². The summed E-state index contributed by atoms with van der Waals surface area (Å²) in [6.45, 7) is 7.53. The van der Waals surface area contributed by atoms with Gasteiger partial charge in [-0.2, -0.15) is 26.3 Å². The SMILES string of the molecule is CC(C)C1(C(C)C)CCC(C(F)(F)F)(C(F)(F)F)CC1. The van der Waals surface area contributed by atoms with Crippen molar-refractivity contribution in [2.45, 2.75) is 65.7 Å². The van der Waals surface area contributed by atoms with E-state index in [1.54, 1.807) is 0 Å². The monoisotopic (exact) mass is 304 g/mol. The lowest BCUT2D eigenvalue weighted by molar-refractivity contribution is -0.355. The predicted molar refractivity (Wildman–Crippen MR) is 65.1 cm³/mol. The molecular weight excluding hydrogens is 282 g/mol. The molecule has 1 rings (SSSR count). The van der Waals surface area contributed by atoms with Crippen molar-refractivity contribution in [3.8, 4) is 0 Å². The van der Waals surface area contributed by atoms with Crippen LogP contribution < -0.4 is 0 Å². The van der Waals surface area contributed by atoms with Crippen molar-refractivity contribution in [2.75, 3.05) is 0 Å². The third-order valence-electron chi connectivity index (χ3n) is 5.42. The van der Waals surface area contributed by atoms with Crippen LogP contribution in [0.5, 0.6) is 0 Å². The Balaban J connectivity index is 3.12. The van der Waals surface area contributed by atoms with Crippen molar-refractivity contribution in [1.29, 1.82) is 0 Å². The summed E-state index contributed by atoms with van der Waals surface area (Å²) in [7, 11) is 0. The molecule has 0 aromatic heterocycles. The standard InChI is InChI=1S/C14H22F6/c1-9(2)11(10(3)4)5-7-12(8-6-11,13(15,16)17)14(18,19)20/h9-10H,5-8H2,1-4H3. The van der Waals surface area contributed by atoms with Crippen molar-refractivity contribution in [2.24, 2.45) is 22.7 Å². The molecule has 0 unspecified atom stereocenters. The summed E-state index contributed by atoms with van der Waals surface area (Å²) < 4.78 is 78.2. The Morgan fingerprint density at radius 1 is 0.650 bits per heavy atom. The summed E-state index contributed by atoms with van der Waals surface area (Å²) in [5.41, 5.74) is -3.95. The fraction of sp³-hybridized carbons (Fsp3) is 1.00. The van der Waals surface area contributed by atoms with E-state index < -0.39 is 36.0 Å². The predicted octanol–water partition coefficient (Wildman–Crippen LogP) is 5.97. The lowest BCUT2D eigenvalue weighted by Crippen LogP contribution is -2.54. The largest absolute Gasteiger partial charge is 0.403 e. The van der Waals surface area contributed by atoms with Crippen LogP contribution in [0.3, 0.4) is 0 Å². The molecule has 0 amide bonds. The van der Waals surface area contributed by atoms with E-state index in [0.717, 1.165) is 0 Å². The lowest BCUT2D eigenvalue weighted by atomic mass is 9.55. The Labute approximate surface area is 115 Å². The highest BCUT2D eigenvalue weighted by molar-refractivity contribution is 5.02. The molecule has 0 heterocycles. The van der Waals surface area contributed by atoms with Gasteiger partial charge in [-0.3, -0.25) is 0 Å². The fourth-order valence-electron chi connectivity index (χ4n) is 3.69. The van der Waals surface area contributed by atoms with Crippen molar-refractivity contribution < 1.29 is 26.3 Å². The van der Waals surface area contributed by atoms with Crippen molar-refractivity contribution >= 4 is 0 Å². The van der Waals surface area contributed by atoms with Gasteiger partial charge in [0.15, 0.2) is 5.41 Å². The minimum Gasteiger partial charge on any atom is -0.170 e. The summed E-state index contributed by atoms with van der Waals surface area (Å²) in [5.74, 6) is 0.143. The van der Waals surface area contributed by atoms with Crippen LogP contribution in [-0.4, -0.2) is 12.4 Å². The first-order valence-corrected chi connectivity index (χ1v) is 6.93. The highest BCUT2D eigenvalue weighted by atomic mass is 19.4. The molecule has 0 N–H and O–H groups in total. The van der Waals surface area contributed by atoms with E-state index >= 15 is 0 Å².